The molecule has 0 spiro atoms. The quantitative estimate of drug-likeness (QED) is 0.352. The summed E-state index contributed by atoms with van der Waals surface area (Å²) in [4.78, 5) is 11.3. The molecule has 99 valence electrons. The van der Waals surface area contributed by atoms with Gasteiger partial charge in [-0.3, -0.25) is 4.79 Å². The summed E-state index contributed by atoms with van der Waals surface area (Å²) >= 11 is 0. The zero-order chi connectivity index (χ0) is 13.4. The smallest absolute Gasteiger partial charge is 0.748 e. The van der Waals surface area contributed by atoms with E-state index in [1.807, 2.05) is 30.3 Å². The van der Waals surface area contributed by atoms with Crippen LogP contribution in [-0.2, 0) is 21.5 Å². The first-order chi connectivity index (χ1) is 8.47. The molecule has 1 radical (unpaired) electrons. The Hall–Kier alpha value is -0.400. The van der Waals surface area contributed by atoms with Crippen molar-refractivity contribution < 1.29 is 47.3 Å². The van der Waals surface area contributed by atoms with Crippen molar-refractivity contribution in [3.05, 3.63) is 42.3 Å². The molecule has 0 aliphatic carbocycles. The largest absolute Gasteiger partial charge is 1.00 e. The van der Waals surface area contributed by atoms with Crippen LogP contribution in [0.2, 0.25) is 0 Å². The van der Waals surface area contributed by atoms with Crippen LogP contribution >= 0.6 is 0 Å². The summed E-state index contributed by atoms with van der Waals surface area (Å²) in [6, 6.07) is 9.43. The van der Waals surface area contributed by atoms with Crippen molar-refractivity contribution in [2.75, 3.05) is 5.75 Å². The topological polar surface area (TPSA) is 86.3 Å². The van der Waals surface area contributed by atoms with E-state index in [1.54, 1.807) is 0 Å². The Labute approximate surface area is 135 Å². The monoisotopic (exact) mass is 292 g/mol. The molecule has 0 saturated heterocycles. The second-order valence-electron chi connectivity index (χ2n) is 3.81. The molecule has 0 aromatic heterocycles. The van der Waals surface area contributed by atoms with Gasteiger partial charge in [0.1, 0.15) is 0 Å². The maximum Gasteiger partial charge on any atom is 1.00 e. The van der Waals surface area contributed by atoms with Gasteiger partial charge in [-0.2, -0.15) is 0 Å². The van der Waals surface area contributed by atoms with Crippen LogP contribution in [0.15, 0.2) is 30.3 Å². The first kappa shape index (κ1) is 18.6. The fourth-order valence-electron chi connectivity index (χ4n) is 1.35. The Morgan fingerprint density at radius 2 is 1.89 bits per heavy atom. The van der Waals surface area contributed by atoms with Crippen molar-refractivity contribution in [3.63, 3.8) is 0 Å². The minimum absolute atomic E-state index is 0. The van der Waals surface area contributed by atoms with E-state index in [1.165, 1.54) is 6.42 Å². The number of unbranched alkanes of at least 4 members (excludes halogenated alkanes) is 1. The van der Waals surface area contributed by atoms with E-state index >= 15 is 0 Å². The van der Waals surface area contributed by atoms with Crippen molar-refractivity contribution in [1.29, 1.82) is 0 Å². The molecule has 5 nitrogen and oxygen atoms in total. The molecule has 1 rings (SSSR count). The molecule has 0 aliphatic rings. The van der Waals surface area contributed by atoms with Crippen molar-refractivity contribution in [1.82, 2.24) is 5.32 Å². The van der Waals surface area contributed by atoms with Crippen LogP contribution in [0.4, 0.5) is 0 Å². The Bertz CT molecular complexity index is 476. The van der Waals surface area contributed by atoms with E-state index in [9.17, 15) is 17.8 Å². The third-order valence-corrected chi connectivity index (χ3v) is 3.03. The standard InChI is InChI=1S/C12H16NO4S.Na/c14-12(8-4-5-9-18(15,16)17)13-10-11-6-2-1-3-7-11;/h1-3,6-8H,4-5,9-10H2,(H,13,14)(H,15,16,17);/q;+1/p-1. The van der Waals surface area contributed by atoms with Crippen LogP contribution in [0.3, 0.4) is 0 Å². The number of benzene rings is 1. The van der Waals surface area contributed by atoms with E-state index in [0.717, 1.165) is 5.56 Å². The number of carbonyl (C=O) groups excluding carboxylic acids is 1. The minimum Gasteiger partial charge on any atom is -0.748 e. The van der Waals surface area contributed by atoms with Crippen LogP contribution < -0.4 is 34.9 Å². The van der Waals surface area contributed by atoms with Gasteiger partial charge in [0.25, 0.3) is 0 Å². The van der Waals surface area contributed by atoms with Gasteiger partial charge in [0.2, 0.25) is 5.91 Å². The second kappa shape index (κ2) is 9.50. The second-order valence-corrected chi connectivity index (χ2v) is 5.34. The number of rotatable bonds is 7. The van der Waals surface area contributed by atoms with E-state index in [-0.39, 0.29) is 48.3 Å². The molecule has 1 aromatic carbocycles. The van der Waals surface area contributed by atoms with Gasteiger partial charge in [-0.25, -0.2) is 8.42 Å². The molecule has 0 saturated carbocycles. The normalized spacial score (nSPS) is 10.6. The molecule has 0 atom stereocenters. The summed E-state index contributed by atoms with van der Waals surface area (Å²) in [5.41, 5.74) is 0.987. The van der Waals surface area contributed by atoms with Crippen LogP contribution in [0.25, 0.3) is 0 Å². The van der Waals surface area contributed by atoms with Gasteiger partial charge in [-0.1, -0.05) is 30.3 Å². The van der Waals surface area contributed by atoms with Crippen LogP contribution in [0.5, 0.6) is 0 Å². The predicted octanol–water partition coefficient (Wildman–Crippen LogP) is -2.16. The Balaban J connectivity index is 0.00000324. The van der Waals surface area contributed by atoms with Crippen molar-refractivity contribution >= 4 is 16.0 Å². The zero-order valence-corrected chi connectivity index (χ0v) is 13.7. The first-order valence-corrected chi connectivity index (χ1v) is 7.13. The van der Waals surface area contributed by atoms with Crippen LogP contribution in [0.1, 0.15) is 18.4 Å². The molecular weight excluding hydrogens is 277 g/mol. The van der Waals surface area contributed by atoms with E-state index in [2.05, 4.69) is 5.32 Å². The molecular formula is C12H15NNaO4S. The van der Waals surface area contributed by atoms with Gasteiger partial charge in [-0.15, -0.1) is 0 Å². The maximum atomic E-state index is 11.3. The third-order valence-electron chi connectivity index (χ3n) is 2.24. The molecule has 0 unspecified atom stereocenters. The summed E-state index contributed by atoms with van der Waals surface area (Å²) < 4.78 is 30.9. The zero-order valence-electron chi connectivity index (χ0n) is 10.8. The number of amides is 1. The summed E-state index contributed by atoms with van der Waals surface area (Å²) in [5.74, 6) is -0.697. The van der Waals surface area contributed by atoms with E-state index in [4.69, 9.17) is 0 Å². The summed E-state index contributed by atoms with van der Waals surface area (Å²) in [6.45, 7) is 0.427. The van der Waals surface area contributed by atoms with Crippen molar-refractivity contribution in [2.24, 2.45) is 0 Å². The summed E-state index contributed by atoms with van der Waals surface area (Å²) in [6.07, 6.45) is 1.81. The molecule has 1 amide bonds. The molecule has 19 heavy (non-hydrogen) atoms. The van der Waals surface area contributed by atoms with Crippen LogP contribution in [0, 0.1) is 6.42 Å². The van der Waals surface area contributed by atoms with Crippen molar-refractivity contribution in [3.8, 4) is 0 Å². The van der Waals surface area contributed by atoms with E-state index in [0.29, 0.717) is 6.54 Å². The number of hydrogen-bond donors (Lipinski definition) is 1. The number of nitrogens with one attached hydrogen (secondary N) is 1. The third kappa shape index (κ3) is 10.1. The summed E-state index contributed by atoms with van der Waals surface area (Å²) in [5, 5.41) is 2.67. The molecule has 1 aromatic rings. The minimum atomic E-state index is -4.18. The molecule has 0 aliphatic heterocycles. The predicted molar refractivity (Wildman–Crippen MR) is 66.4 cm³/mol. The fraction of sp³-hybridized carbons (Fsp3) is 0.333. The molecule has 0 heterocycles. The van der Waals surface area contributed by atoms with Gasteiger partial charge in [0.05, 0.1) is 10.1 Å². The molecule has 7 heteroatoms. The van der Waals surface area contributed by atoms with Gasteiger partial charge >= 0.3 is 29.6 Å². The molecule has 0 fully saturated rings. The van der Waals surface area contributed by atoms with Gasteiger partial charge < -0.3 is 9.87 Å². The number of carbonyl (C=O) groups is 1. The van der Waals surface area contributed by atoms with Gasteiger partial charge in [0, 0.05) is 18.7 Å². The van der Waals surface area contributed by atoms with Crippen molar-refractivity contribution in [2.45, 2.75) is 19.4 Å². The van der Waals surface area contributed by atoms with Gasteiger partial charge in [0.15, 0.2) is 0 Å². The van der Waals surface area contributed by atoms with Gasteiger partial charge in [-0.05, 0) is 18.4 Å². The van der Waals surface area contributed by atoms with Crippen LogP contribution in [-0.4, -0.2) is 24.6 Å². The Morgan fingerprint density at radius 1 is 1.26 bits per heavy atom. The Kier molecular flexibility index (Phi) is 9.30. The number of hydrogen-bond acceptors (Lipinski definition) is 4. The molecule has 0 bridgehead atoms. The molecule has 1 N–H and O–H groups in total. The Morgan fingerprint density at radius 3 is 2.47 bits per heavy atom. The average molecular weight is 292 g/mol. The first-order valence-electron chi connectivity index (χ1n) is 5.56. The maximum absolute atomic E-state index is 11.3. The van der Waals surface area contributed by atoms with E-state index < -0.39 is 15.9 Å². The fourth-order valence-corrected chi connectivity index (χ4v) is 1.87. The average Bonchev–Trinajstić information content (AvgIpc) is 2.32. The SMILES string of the molecule is O=C([CH]CCCS(=O)(=O)[O-])NCc1ccccc1.[Na+]. The summed E-state index contributed by atoms with van der Waals surface area (Å²) in [7, 11) is -4.18.